The Balaban J connectivity index is 2.45. The van der Waals surface area contributed by atoms with Gasteiger partial charge in [0.1, 0.15) is 34.1 Å². The number of carbonyl (C=O) groups is 2. The van der Waals surface area contributed by atoms with Crippen molar-refractivity contribution in [3.63, 3.8) is 0 Å². The van der Waals surface area contributed by atoms with Gasteiger partial charge in [0.25, 0.3) is 0 Å². The molecule has 0 bridgehead atoms. The molecule has 132 valence electrons. The Kier molecular flexibility index (Phi) is 4.87. The highest BCUT2D eigenvalue weighted by atomic mass is 16.5. The molecule has 0 saturated carbocycles. The fourth-order valence-corrected chi connectivity index (χ4v) is 2.51. The normalized spacial score (nSPS) is 10.4. The summed E-state index contributed by atoms with van der Waals surface area (Å²) in [5.41, 5.74) is 0.762. The summed E-state index contributed by atoms with van der Waals surface area (Å²) in [4.78, 5) is 23.7. The van der Waals surface area contributed by atoms with Crippen molar-refractivity contribution in [2.75, 3.05) is 7.11 Å². The lowest BCUT2D eigenvalue weighted by atomic mass is 10.0. The highest BCUT2D eigenvalue weighted by molar-refractivity contribution is 5.97. The van der Waals surface area contributed by atoms with Crippen LogP contribution in [-0.4, -0.2) is 34.4 Å². The number of ether oxygens (including phenoxy) is 2. The quantitative estimate of drug-likeness (QED) is 0.576. The van der Waals surface area contributed by atoms with Gasteiger partial charge in [-0.2, -0.15) is 0 Å². The van der Waals surface area contributed by atoms with Crippen LogP contribution in [-0.2, 0) is 0 Å². The molecular weight excluding hydrogens is 328 g/mol. The molecule has 2 rings (SSSR count). The Labute approximate surface area is 144 Å². The lowest BCUT2D eigenvalue weighted by molar-refractivity contribution is 0.0692. The summed E-state index contributed by atoms with van der Waals surface area (Å²) >= 11 is 0. The molecule has 3 N–H and O–H groups in total. The van der Waals surface area contributed by atoms with Gasteiger partial charge in [0.15, 0.2) is 0 Å². The number of methoxy groups -OCH3 is 1. The van der Waals surface area contributed by atoms with Crippen LogP contribution in [0.15, 0.2) is 18.2 Å². The Morgan fingerprint density at radius 2 is 1.56 bits per heavy atom. The van der Waals surface area contributed by atoms with Crippen LogP contribution in [0.5, 0.6) is 23.0 Å². The van der Waals surface area contributed by atoms with Crippen molar-refractivity contribution in [3.05, 3.63) is 46.0 Å². The first kappa shape index (κ1) is 18.1. The highest BCUT2D eigenvalue weighted by Crippen LogP contribution is 2.34. The Hall–Kier alpha value is -3.22. The lowest BCUT2D eigenvalue weighted by Crippen LogP contribution is -2.12. The summed E-state index contributed by atoms with van der Waals surface area (Å²) in [6, 6.07) is 4.03. The number of carbonyl (C=O) groups excluding carboxylic acids is 1. The number of rotatable bonds is 4. The predicted octanol–water partition coefficient (Wildman–Crippen LogP) is 2.95. The van der Waals surface area contributed by atoms with Crippen LogP contribution in [0.25, 0.3) is 0 Å². The molecule has 0 radical (unpaired) electrons. The first-order valence-electron chi connectivity index (χ1n) is 7.33. The Morgan fingerprint density at radius 1 is 0.960 bits per heavy atom. The van der Waals surface area contributed by atoms with Crippen LogP contribution in [0.1, 0.15) is 37.4 Å². The van der Waals surface area contributed by atoms with Crippen molar-refractivity contribution < 1.29 is 34.4 Å². The molecule has 7 heteroatoms. The van der Waals surface area contributed by atoms with Gasteiger partial charge in [-0.25, -0.2) is 9.59 Å². The second-order valence-corrected chi connectivity index (χ2v) is 5.57. The molecule has 25 heavy (non-hydrogen) atoms. The molecule has 0 saturated heterocycles. The maximum atomic E-state index is 12.4. The second-order valence-electron chi connectivity index (χ2n) is 5.57. The first-order chi connectivity index (χ1) is 11.7. The average molecular weight is 346 g/mol. The number of aromatic hydroxyl groups is 2. The van der Waals surface area contributed by atoms with Gasteiger partial charge in [0.05, 0.1) is 7.11 Å². The molecule has 0 aliphatic carbocycles. The van der Waals surface area contributed by atoms with Crippen LogP contribution in [0.4, 0.5) is 0 Å². The Bertz CT molecular complexity index is 868. The van der Waals surface area contributed by atoms with E-state index in [1.165, 1.54) is 32.2 Å². The summed E-state index contributed by atoms with van der Waals surface area (Å²) in [5, 5.41) is 29.0. The molecule has 7 nitrogen and oxygen atoms in total. The number of hydrogen-bond acceptors (Lipinski definition) is 6. The molecule has 2 aromatic carbocycles. The molecule has 0 amide bonds. The summed E-state index contributed by atoms with van der Waals surface area (Å²) in [6.45, 7) is 4.57. The maximum Gasteiger partial charge on any atom is 0.347 e. The molecule has 0 unspecified atom stereocenters. The lowest BCUT2D eigenvalue weighted by Gasteiger charge is -2.14. The van der Waals surface area contributed by atoms with E-state index in [1.54, 1.807) is 13.8 Å². The first-order valence-corrected chi connectivity index (χ1v) is 7.33. The molecule has 2 aromatic rings. The van der Waals surface area contributed by atoms with Crippen LogP contribution in [0.3, 0.4) is 0 Å². The van der Waals surface area contributed by atoms with Crippen LogP contribution in [0, 0.1) is 20.8 Å². The van der Waals surface area contributed by atoms with Crippen molar-refractivity contribution in [3.8, 4) is 23.0 Å². The van der Waals surface area contributed by atoms with E-state index in [0.29, 0.717) is 11.1 Å². The van der Waals surface area contributed by atoms with Gasteiger partial charge in [-0.1, -0.05) is 0 Å². The molecule has 0 spiro atoms. The topological polar surface area (TPSA) is 113 Å². The van der Waals surface area contributed by atoms with Crippen molar-refractivity contribution in [2.45, 2.75) is 20.8 Å². The summed E-state index contributed by atoms with van der Waals surface area (Å²) in [6.07, 6.45) is 0. The van der Waals surface area contributed by atoms with Gasteiger partial charge in [-0.3, -0.25) is 0 Å². The maximum absolute atomic E-state index is 12.4. The minimum absolute atomic E-state index is 0.0261. The number of esters is 1. The van der Waals surface area contributed by atoms with Gasteiger partial charge in [0.2, 0.25) is 0 Å². The third-order valence-corrected chi connectivity index (χ3v) is 3.85. The van der Waals surface area contributed by atoms with E-state index in [2.05, 4.69) is 0 Å². The van der Waals surface area contributed by atoms with Crippen LogP contribution >= 0.6 is 0 Å². The van der Waals surface area contributed by atoms with Crippen molar-refractivity contribution >= 4 is 11.9 Å². The van der Waals surface area contributed by atoms with E-state index in [0.717, 1.165) is 0 Å². The molecule has 0 atom stereocenters. The summed E-state index contributed by atoms with van der Waals surface area (Å²) in [7, 11) is 1.31. The largest absolute Gasteiger partial charge is 0.508 e. The van der Waals surface area contributed by atoms with Crippen LogP contribution in [0.2, 0.25) is 0 Å². The fourth-order valence-electron chi connectivity index (χ4n) is 2.51. The van der Waals surface area contributed by atoms with Gasteiger partial charge in [0, 0.05) is 11.6 Å². The monoisotopic (exact) mass is 346 g/mol. The van der Waals surface area contributed by atoms with Gasteiger partial charge < -0.3 is 24.8 Å². The Morgan fingerprint density at radius 3 is 2.12 bits per heavy atom. The molecular formula is C18H18O7. The molecule has 0 aromatic heterocycles. The van der Waals surface area contributed by atoms with Gasteiger partial charge in [-0.05, 0) is 44.0 Å². The van der Waals surface area contributed by atoms with Gasteiger partial charge in [-0.15, -0.1) is 0 Å². The van der Waals surface area contributed by atoms with Gasteiger partial charge >= 0.3 is 11.9 Å². The molecule has 0 aliphatic heterocycles. The van der Waals surface area contributed by atoms with Crippen molar-refractivity contribution in [1.29, 1.82) is 0 Å². The van der Waals surface area contributed by atoms with Crippen molar-refractivity contribution in [1.82, 2.24) is 0 Å². The number of hydrogen-bond donors (Lipinski definition) is 3. The third-order valence-electron chi connectivity index (χ3n) is 3.85. The fraction of sp³-hybridized carbons (Fsp3) is 0.222. The van der Waals surface area contributed by atoms with Crippen molar-refractivity contribution in [2.24, 2.45) is 0 Å². The zero-order chi connectivity index (χ0) is 18.9. The third kappa shape index (κ3) is 3.35. The predicted molar refractivity (Wildman–Crippen MR) is 88.9 cm³/mol. The van der Waals surface area contributed by atoms with E-state index < -0.39 is 11.9 Å². The van der Waals surface area contributed by atoms with Crippen LogP contribution < -0.4 is 9.47 Å². The highest BCUT2D eigenvalue weighted by Gasteiger charge is 2.22. The van der Waals surface area contributed by atoms with E-state index >= 15 is 0 Å². The number of benzene rings is 2. The van der Waals surface area contributed by atoms with E-state index in [9.17, 15) is 24.9 Å². The molecule has 0 heterocycles. The molecule has 0 aliphatic rings. The van der Waals surface area contributed by atoms with E-state index in [4.69, 9.17) is 9.47 Å². The summed E-state index contributed by atoms with van der Waals surface area (Å²) < 4.78 is 10.3. The number of carboxylic acids is 1. The number of phenols is 2. The summed E-state index contributed by atoms with van der Waals surface area (Å²) in [5.74, 6) is -2.35. The number of carboxylic acid groups (broad SMARTS) is 1. The zero-order valence-electron chi connectivity index (χ0n) is 14.2. The molecule has 0 fully saturated rings. The second kappa shape index (κ2) is 6.72. The minimum Gasteiger partial charge on any atom is -0.508 e. The minimum atomic E-state index is -1.16. The number of phenolic OH excluding ortho intramolecular Hbond substituents is 2. The zero-order valence-corrected chi connectivity index (χ0v) is 14.2. The standard InChI is InChI=1S/C18H18O7/c1-8-5-11(7-13(24-4)14(8)17(21)22)25-18(23)15-9(2)6-12(19)10(3)16(15)20/h5-7,19-20H,1-4H3,(H,21,22). The number of aromatic carboxylic acids is 1. The van der Waals surface area contributed by atoms with E-state index in [-0.39, 0.29) is 39.7 Å². The number of aryl methyl sites for hydroxylation is 2. The SMILES string of the molecule is COc1cc(OC(=O)c2c(C)cc(O)c(C)c2O)cc(C)c1C(=O)O. The van der Waals surface area contributed by atoms with E-state index in [1.807, 2.05) is 0 Å². The average Bonchev–Trinajstić information content (AvgIpc) is 2.51. The smallest absolute Gasteiger partial charge is 0.347 e.